The first-order chi connectivity index (χ1) is 7.77. The fourth-order valence-electron chi connectivity index (χ4n) is 1.78. The van der Waals surface area contributed by atoms with E-state index in [1.807, 2.05) is 0 Å². The van der Waals surface area contributed by atoms with Crippen molar-refractivity contribution in [1.29, 1.82) is 0 Å². The van der Waals surface area contributed by atoms with Crippen molar-refractivity contribution in [2.75, 3.05) is 0 Å². The van der Waals surface area contributed by atoms with Crippen LogP contribution in [0.5, 0.6) is 0 Å². The number of non-ortho nitro benzene ring substituents is 1. The van der Waals surface area contributed by atoms with Gasteiger partial charge in [-0.05, 0) is 6.07 Å². The molecule has 0 spiro atoms. The van der Waals surface area contributed by atoms with E-state index in [9.17, 15) is 10.1 Å². The highest BCUT2D eigenvalue weighted by molar-refractivity contribution is 5.99. The molecule has 0 bridgehead atoms. The fraction of sp³-hybridized carbons (Fsp3) is 0. The fourth-order valence-corrected chi connectivity index (χ4v) is 1.78. The number of fused-ring (bicyclic) bond motifs is 3. The maximum atomic E-state index is 10.9. The van der Waals surface area contributed by atoms with Gasteiger partial charge in [-0.1, -0.05) is 12.1 Å². The van der Waals surface area contributed by atoms with Gasteiger partial charge in [0.1, 0.15) is 6.33 Å². The van der Waals surface area contributed by atoms with Crippen LogP contribution in [0, 0.1) is 10.1 Å². The number of nitro groups is 1. The molecule has 0 saturated carbocycles. The van der Waals surface area contributed by atoms with E-state index in [1.165, 1.54) is 6.07 Å². The van der Waals surface area contributed by atoms with Gasteiger partial charge in [-0.15, -0.1) is 10.2 Å². The SMILES string of the molecule is O=[N+]([O-])c1cccc2c1ccn1cnnc21. The number of benzene rings is 1. The minimum absolute atomic E-state index is 0.0861. The molecule has 0 aliphatic heterocycles. The van der Waals surface area contributed by atoms with Gasteiger partial charge in [-0.2, -0.15) is 0 Å². The third kappa shape index (κ3) is 1.07. The smallest absolute Gasteiger partial charge is 0.277 e. The Bertz CT molecular complexity index is 704. The number of hydrogen-bond acceptors (Lipinski definition) is 4. The molecular weight excluding hydrogens is 208 g/mol. The highest BCUT2D eigenvalue weighted by Gasteiger charge is 2.13. The number of rotatable bonds is 1. The Morgan fingerprint density at radius 2 is 2.12 bits per heavy atom. The van der Waals surface area contributed by atoms with Gasteiger partial charge in [0.25, 0.3) is 5.69 Å². The molecule has 0 unspecified atom stereocenters. The first-order valence-electron chi connectivity index (χ1n) is 4.63. The second-order valence-electron chi connectivity index (χ2n) is 3.37. The Labute approximate surface area is 89.3 Å². The van der Waals surface area contributed by atoms with Gasteiger partial charge in [-0.25, -0.2) is 0 Å². The van der Waals surface area contributed by atoms with E-state index in [1.54, 1.807) is 35.1 Å². The van der Waals surface area contributed by atoms with Crippen LogP contribution >= 0.6 is 0 Å². The quantitative estimate of drug-likeness (QED) is 0.457. The van der Waals surface area contributed by atoms with E-state index in [-0.39, 0.29) is 5.69 Å². The third-order valence-corrected chi connectivity index (χ3v) is 2.50. The van der Waals surface area contributed by atoms with E-state index in [0.717, 1.165) is 5.39 Å². The number of aromatic nitrogens is 3. The topological polar surface area (TPSA) is 73.3 Å². The molecule has 0 fully saturated rings. The molecule has 0 atom stereocenters. The highest BCUT2D eigenvalue weighted by atomic mass is 16.6. The Kier molecular flexibility index (Phi) is 1.64. The number of nitro benzene ring substituents is 1. The molecule has 0 radical (unpaired) electrons. The second-order valence-corrected chi connectivity index (χ2v) is 3.37. The van der Waals surface area contributed by atoms with Crippen LogP contribution in [-0.4, -0.2) is 19.5 Å². The second kappa shape index (κ2) is 2.99. The average Bonchev–Trinajstić information content (AvgIpc) is 2.76. The molecule has 3 rings (SSSR count). The average molecular weight is 214 g/mol. The van der Waals surface area contributed by atoms with Crippen LogP contribution in [0.25, 0.3) is 16.4 Å². The molecule has 78 valence electrons. The monoisotopic (exact) mass is 214 g/mol. The highest BCUT2D eigenvalue weighted by Crippen LogP contribution is 2.26. The molecule has 6 heteroatoms. The van der Waals surface area contributed by atoms with Crippen molar-refractivity contribution in [3.05, 3.63) is 46.9 Å². The lowest BCUT2D eigenvalue weighted by Gasteiger charge is -2.00. The molecule has 1 aromatic carbocycles. The third-order valence-electron chi connectivity index (χ3n) is 2.50. The summed E-state index contributed by atoms with van der Waals surface area (Å²) in [5.74, 6) is 0. The predicted molar refractivity (Wildman–Crippen MR) is 57.1 cm³/mol. The summed E-state index contributed by atoms with van der Waals surface area (Å²) >= 11 is 0. The molecule has 0 aliphatic carbocycles. The van der Waals surface area contributed by atoms with E-state index in [2.05, 4.69) is 10.2 Å². The number of hydrogen-bond donors (Lipinski definition) is 0. The van der Waals surface area contributed by atoms with Crippen molar-refractivity contribution < 1.29 is 4.92 Å². The van der Waals surface area contributed by atoms with Crippen LogP contribution in [0.15, 0.2) is 36.8 Å². The summed E-state index contributed by atoms with van der Waals surface area (Å²) in [5.41, 5.74) is 0.712. The largest absolute Gasteiger partial charge is 0.289 e. The summed E-state index contributed by atoms with van der Waals surface area (Å²) in [6.45, 7) is 0. The van der Waals surface area contributed by atoms with Crippen molar-refractivity contribution >= 4 is 22.1 Å². The van der Waals surface area contributed by atoms with Gasteiger partial charge >= 0.3 is 0 Å². The van der Waals surface area contributed by atoms with Crippen LogP contribution in [0.1, 0.15) is 0 Å². The number of pyridine rings is 1. The molecule has 3 aromatic rings. The van der Waals surface area contributed by atoms with E-state index in [4.69, 9.17) is 0 Å². The molecule has 0 aliphatic rings. The van der Waals surface area contributed by atoms with Gasteiger partial charge < -0.3 is 0 Å². The predicted octanol–water partition coefficient (Wildman–Crippen LogP) is 1.79. The lowest BCUT2D eigenvalue weighted by molar-refractivity contribution is -0.383. The van der Waals surface area contributed by atoms with Gasteiger partial charge in [0.15, 0.2) is 5.65 Å². The minimum Gasteiger partial charge on any atom is -0.289 e. The molecule has 0 amide bonds. The van der Waals surface area contributed by atoms with Crippen LogP contribution in [0.3, 0.4) is 0 Å². The molecular formula is C10H6N4O2. The van der Waals surface area contributed by atoms with Gasteiger partial charge in [0.2, 0.25) is 0 Å². The molecule has 0 saturated heterocycles. The van der Waals surface area contributed by atoms with Crippen molar-refractivity contribution in [2.45, 2.75) is 0 Å². The van der Waals surface area contributed by atoms with Crippen LogP contribution in [-0.2, 0) is 0 Å². The molecule has 2 heterocycles. The van der Waals surface area contributed by atoms with Crippen molar-refractivity contribution in [3.63, 3.8) is 0 Å². The zero-order valence-corrected chi connectivity index (χ0v) is 8.07. The maximum Gasteiger partial charge on any atom is 0.277 e. The summed E-state index contributed by atoms with van der Waals surface area (Å²) in [5, 5.41) is 19.9. The standard InChI is InChI=1S/C10H6N4O2/c15-14(16)9-3-1-2-8-7(9)4-5-13-6-11-12-10(8)13/h1-6H. The Balaban J connectivity index is 2.53. The van der Waals surface area contributed by atoms with E-state index >= 15 is 0 Å². The number of nitrogens with zero attached hydrogens (tertiary/aromatic N) is 4. The van der Waals surface area contributed by atoms with E-state index in [0.29, 0.717) is 11.0 Å². The first kappa shape index (κ1) is 8.78. The zero-order valence-electron chi connectivity index (χ0n) is 8.07. The first-order valence-corrected chi connectivity index (χ1v) is 4.63. The molecule has 16 heavy (non-hydrogen) atoms. The molecule has 2 aromatic heterocycles. The lowest BCUT2D eigenvalue weighted by atomic mass is 10.1. The zero-order chi connectivity index (χ0) is 11.1. The molecule has 6 nitrogen and oxygen atoms in total. The van der Waals surface area contributed by atoms with Gasteiger partial charge in [0, 0.05) is 17.6 Å². The molecule has 0 N–H and O–H groups in total. The van der Waals surface area contributed by atoms with Crippen molar-refractivity contribution in [3.8, 4) is 0 Å². The normalized spacial score (nSPS) is 11.0. The summed E-state index contributed by atoms with van der Waals surface area (Å²) in [4.78, 5) is 10.5. The van der Waals surface area contributed by atoms with Crippen molar-refractivity contribution in [1.82, 2.24) is 14.6 Å². The van der Waals surface area contributed by atoms with Gasteiger partial charge in [-0.3, -0.25) is 14.5 Å². The summed E-state index contributed by atoms with van der Waals surface area (Å²) < 4.78 is 1.73. The van der Waals surface area contributed by atoms with Crippen LogP contribution in [0.2, 0.25) is 0 Å². The maximum absolute atomic E-state index is 10.9. The van der Waals surface area contributed by atoms with Crippen LogP contribution in [0.4, 0.5) is 5.69 Å². The van der Waals surface area contributed by atoms with Crippen LogP contribution < -0.4 is 0 Å². The van der Waals surface area contributed by atoms with E-state index < -0.39 is 4.92 Å². The van der Waals surface area contributed by atoms with Crippen molar-refractivity contribution in [2.24, 2.45) is 0 Å². The summed E-state index contributed by atoms with van der Waals surface area (Å²) in [7, 11) is 0. The Morgan fingerprint density at radius 3 is 2.94 bits per heavy atom. The van der Waals surface area contributed by atoms with Gasteiger partial charge in [0.05, 0.1) is 10.3 Å². The minimum atomic E-state index is -0.394. The Morgan fingerprint density at radius 1 is 1.25 bits per heavy atom. The lowest BCUT2D eigenvalue weighted by Crippen LogP contribution is -1.91. The Hall–Kier alpha value is -2.50. The summed E-state index contributed by atoms with van der Waals surface area (Å²) in [6, 6.07) is 6.63. The summed E-state index contributed by atoms with van der Waals surface area (Å²) in [6.07, 6.45) is 3.28.